The molecule has 17 heavy (non-hydrogen) atoms. The van der Waals surface area contributed by atoms with Crippen LogP contribution < -0.4 is 11.1 Å². The quantitative estimate of drug-likeness (QED) is 0.787. The highest BCUT2D eigenvalue weighted by Crippen LogP contribution is 2.16. The van der Waals surface area contributed by atoms with Crippen LogP contribution in [-0.4, -0.2) is 41.1 Å². The molecule has 0 spiro atoms. The molecule has 5 heteroatoms. The van der Waals surface area contributed by atoms with Gasteiger partial charge in [-0.3, -0.25) is 4.98 Å². The Morgan fingerprint density at radius 2 is 2.53 bits per heavy atom. The fourth-order valence-corrected chi connectivity index (χ4v) is 2.26. The van der Waals surface area contributed by atoms with E-state index in [-0.39, 0.29) is 0 Å². The fraction of sp³-hybridized carbons (Fsp3) is 0.500. The Morgan fingerprint density at radius 3 is 3.18 bits per heavy atom. The number of anilines is 1. The molecular weight excluding hydrogens is 232 g/mol. The molecule has 0 aromatic carbocycles. The van der Waals surface area contributed by atoms with Crippen molar-refractivity contribution in [2.24, 2.45) is 5.73 Å². The van der Waals surface area contributed by atoms with Crippen LogP contribution in [0.1, 0.15) is 18.5 Å². The molecule has 1 atom stereocenters. The Morgan fingerprint density at radius 1 is 1.71 bits per heavy atom. The van der Waals surface area contributed by atoms with Crippen LogP contribution >= 0.6 is 12.2 Å². The number of hydrogen-bond donors (Lipinski definition) is 2. The van der Waals surface area contributed by atoms with E-state index < -0.39 is 0 Å². The average molecular weight is 250 g/mol. The Hall–Kier alpha value is -1.20. The first-order valence-corrected chi connectivity index (χ1v) is 6.27. The first kappa shape index (κ1) is 12.3. The maximum Gasteiger partial charge on any atom is 0.122 e. The highest BCUT2D eigenvalue weighted by Gasteiger charge is 2.20. The largest absolute Gasteiger partial charge is 0.388 e. The van der Waals surface area contributed by atoms with Crippen molar-refractivity contribution in [3.05, 3.63) is 24.0 Å². The summed E-state index contributed by atoms with van der Waals surface area (Å²) >= 11 is 4.91. The van der Waals surface area contributed by atoms with Crippen LogP contribution in [0.4, 0.5) is 5.69 Å². The molecule has 1 aromatic heterocycles. The van der Waals surface area contributed by atoms with Crippen molar-refractivity contribution in [1.29, 1.82) is 0 Å². The predicted molar refractivity (Wildman–Crippen MR) is 74.3 cm³/mol. The van der Waals surface area contributed by atoms with E-state index in [1.165, 1.54) is 19.4 Å². The summed E-state index contributed by atoms with van der Waals surface area (Å²) in [5.41, 5.74) is 7.26. The zero-order chi connectivity index (χ0) is 12.3. The lowest BCUT2D eigenvalue weighted by Crippen LogP contribution is -2.31. The number of likely N-dealkylation sites (tertiary alicyclic amines) is 1. The lowest BCUT2D eigenvalue weighted by molar-refractivity contribution is 0.322. The standard InChI is InChI=1S/C12H18N4S/c1-16-6-2-3-10(16)8-15-9-4-5-14-11(7-9)12(13)17/h4-5,7,10H,2-3,6,8H2,1H3,(H2,13,17)(H,14,15). The number of nitrogens with two attached hydrogens (primary N) is 1. The van der Waals surface area contributed by atoms with Crippen LogP contribution in [0.3, 0.4) is 0 Å². The van der Waals surface area contributed by atoms with Crippen molar-refractivity contribution in [3.8, 4) is 0 Å². The van der Waals surface area contributed by atoms with E-state index in [4.69, 9.17) is 18.0 Å². The van der Waals surface area contributed by atoms with Crippen LogP contribution in [0.2, 0.25) is 0 Å². The average Bonchev–Trinajstić information content (AvgIpc) is 2.72. The number of likely N-dealkylation sites (N-methyl/N-ethyl adjacent to an activating group) is 1. The maximum atomic E-state index is 5.56. The number of rotatable bonds is 4. The smallest absolute Gasteiger partial charge is 0.122 e. The Bertz CT molecular complexity index is 407. The van der Waals surface area contributed by atoms with Crippen molar-refractivity contribution < 1.29 is 0 Å². The molecule has 0 amide bonds. The van der Waals surface area contributed by atoms with Crippen LogP contribution in [-0.2, 0) is 0 Å². The van der Waals surface area contributed by atoms with Gasteiger partial charge in [-0.05, 0) is 38.6 Å². The minimum Gasteiger partial charge on any atom is -0.388 e. The number of hydrogen-bond acceptors (Lipinski definition) is 4. The zero-order valence-electron chi connectivity index (χ0n) is 10.0. The molecule has 2 rings (SSSR count). The molecule has 4 nitrogen and oxygen atoms in total. The molecule has 2 heterocycles. The molecule has 92 valence electrons. The summed E-state index contributed by atoms with van der Waals surface area (Å²) in [6.07, 6.45) is 4.28. The third-order valence-electron chi connectivity index (χ3n) is 3.23. The molecule has 3 N–H and O–H groups in total. The van der Waals surface area contributed by atoms with Crippen LogP contribution in [0.15, 0.2) is 18.3 Å². The fourth-order valence-electron chi connectivity index (χ4n) is 2.15. The van der Waals surface area contributed by atoms with E-state index in [0.717, 1.165) is 12.2 Å². The monoisotopic (exact) mass is 250 g/mol. The third-order valence-corrected chi connectivity index (χ3v) is 3.43. The van der Waals surface area contributed by atoms with Gasteiger partial charge in [-0.1, -0.05) is 12.2 Å². The normalized spacial score (nSPS) is 20.4. The second-order valence-corrected chi connectivity index (χ2v) is 4.89. The molecule has 1 saturated heterocycles. The van der Waals surface area contributed by atoms with E-state index >= 15 is 0 Å². The lowest BCUT2D eigenvalue weighted by atomic mass is 10.2. The second kappa shape index (κ2) is 5.42. The van der Waals surface area contributed by atoms with Gasteiger partial charge in [0.05, 0.1) is 5.69 Å². The SMILES string of the molecule is CN1CCCC1CNc1ccnc(C(N)=S)c1. The van der Waals surface area contributed by atoms with E-state index in [2.05, 4.69) is 22.2 Å². The van der Waals surface area contributed by atoms with Crippen molar-refractivity contribution in [2.45, 2.75) is 18.9 Å². The van der Waals surface area contributed by atoms with Crippen LogP contribution in [0.5, 0.6) is 0 Å². The van der Waals surface area contributed by atoms with E-state index in [9.17, 15) is 0 Å². The number of nitrogens with one attached hydrogen (secondary N) is 1. The Labute approximate surface area is 107 Å². The van der Waals surface area contributed by atoms with Crippen molar-refractivity contribution in [1.82, 2.24) is 9.88 Å². The minimum absolute atomic E-state index is 0.339. The van der Waals surface area contributed by atoms with Gasteiger partial charge in [0.2, 0.25) is 0 Å². The number of pyridine rings is 1. The summed E-state index contributed by atoms with van der Waals surface area (Å²) < 4.78 is 0. The summed E-state index contributed by atoms with van der Waals surface area (Å²) in [5.74, 6) is 0. The summed E-state index contributed by atoms with van der Waals surface area (Å²) in [6.45, 7) is 2.15. The van der Waals surface area contributed by atoms with Gasteiger partial charge in [-0.25, -0.2) is 0 Å². The van der Waals surface area contributed by atoms with Gasteiger partial charge in [-0.2, -0.15) is 0 Å². The molecule has 1 unspecified atom stereocenters. The summed E-state index contributed by atoms with van der Waals surface area (Å²) in [7, 11) is 2.17. The van der Waals surface area contributed by atoms with E-state index in [1.807, 2.05) is 12.1 Å². The summed E-state index contributed by atoms with van der Waals surface area (Å²) in [6, 6.07) is 4.46. The van der Waals surface area contributed by atoms with Gasteiger partial charge in [-0.15, -0.1) is 0 Å². The van der Waals surface area contributed by atoms with Gasteiger partial charge < -0.3 is 16.0 Å². The van der Waals surface area contributed by atoms with Gasteiger partial charge in [0.25, 0.3) is 0 Å². The molecule has 0 bridgehead atoms. The molecule has 1 aliphatic rings. The highest BCUT2D eigenvalue weighted by atomic mass is 32.1. The maximum absolute atomic E-state index is 5.56. The van der Waals surface area contributed by atoms with Crippen LogP contribution in [0, 0.1) is 0 Å². The number of nitrogens with zero attached hydrogens (tertiary/aromatic N) is 2. The topological polar surface area (TPSA) is 54.2 Å². The van der Waals surface area contributed by atoms with Crippen LogP contribution in [0.25, 0.3) is 0 Å². The molecule has 0 radical (unpaired) electrons. The van der Waals surface area contributed by atoms with Crippen molar-refractivity contribution >= 4 is 22.9 Å². The van der Waals surface area contributed by atoms with Crippen molar-refractivity contribution in [2.75, 3.05) is 25.5 Å². The van der Waals surface area contributed by atoms with E-state index in [0.29, 0.717) is 16.7 Å². The molecule has 1 aromatic rings. The first-order chi connectivity index (χ1) is 8.16. The minimum atomic E-state index is 0.339. The highest BCUT2D eigenvalue weighted by molar-refractivity contribution is 7.80. The summed E-state index contributed by atoms with van der Waals surface area (Å²) in [5, 5.41) is 3.42. The van der Waals surface area contributed by atoms with Gasteiger partial charge in [0.15, 0.2) is 0 Å². The molecule has 0 aliphatic carbocycles. The Balaban J connectivity index is 1.94. The van der Waals surface area contributed by atoms with E-state index in [1.54, 1.807) is 6.20 Å². The number of aromatic nitrogens is 1. The number of thiocarbonyl (C=S) groups is 1. The molecule has 0 saturated carbocycles. The molecule has 1 aliphatic heterocycles. The van der Waals surface area contributed by atoms with Gasteiger partial charge >= 0.3 is 0 Å². The molecular formula is C12H18N4S. The Kier molecular flexibility index (Phi) is 3.91. The first-order valence-electron chi connectivity index (χ1n) is 5.87. The van der Waals surface area contributed by atoms with Gasteiger partial charge in [0, 0.05) is 24.5 Å². The van der Waals surface area contributed by atoms with Crippen molar-refractivity contribution in [3.63, 3.8) is 0 Å². The summed E-state index contributed by atoms with van der Waals surface area (Å²) in [4.78, 5) is 6.85. The third kappa shape index (κ3) is 3.14. The zero-order valence-corrected chi connectivity index (χ0v) is 10.8. The molecule has 1 fully saturated rings. The van der Waals surface area contributed by atoms with Gasteiger partial charge in [0.1, 0.15) is 4.99 Å². The second-order valence-electron chi connectivity index (χ2n) is 4.45. The lowest BCUT2D eigenvalue weighted by Gasteiger charge is -2.20. The predicted octanol–water partition coefficient (Wildman–Crippen LogP) is 1.22.